The normalized spacial score (nSPS) is 14.0. The molecule has 2 N–H and O–H groups in total. The van der Waals surface area contributed by atoms with E-state index in [2.05, 4.69) is 27.5 Å². The van der Waals surface area contributed by atoms with Crippen molar-refractivity contribution in [3.8, 4) is 0 Å². The van der Waals surface area contributed by atoms with Gasteiger partial charge < -0.3 is 10.6 Å². The number of hydrogen-bond donors (Lipinski definition) is 2. The third-order valence-electron chi connectivity index (χ3n) is 6.52. The van der Waals surface area contributed by atoms with Gasteiger partial charge in [0.1, 0.15) is 6.33 Å². The molecule has 7 nitrogen and oxygen atoms in total. The molecule has 0 aliphatic heterocycles. The van der Waals surface area contributed by atoms with Crippen LogP contribution in [0.5, 0.6) is 0 Å². The summed E-state index contributed by atoms with van der Waals surface area (Å²) in [5, 5.41) is 18.0. The molecule has 1 saturated carbocycles. The second-order valence-electron chi connectivity index (χ2n) is 9.33. The Hall–Kier alpha value is -1.92. The fourth-order valence-electron chi connectivity index (χ4n) is 4.58. The fraction of sp³-hybridized carbons (Fsp3) is 0.840. The lowest BCUT2D eigenvalue weighted by molar-refractivity contribution is -0.383. The highest BCUT2D eigenvalue weighted by atomic mass is 16.6. The van der Waals surface area contributed by atoms with Crippen molar-refractivity contribution in [3.05, 3.63) is 16.4 Å². The first-order valence-electron chi connectivity index (χ1n) is 13.2. The Bertz CT molecular complexity index is 635. The average molecular weight is 448 g/mol. The van der Waals surface area contributed by atoms with Gasteiger partial charge in [-0.2, -0.15) is 0 Å². The Morgan fingerprint density at radius 3 is 1.88 bits per heavy atom. The van der Waals surface area contributed by atoms with Gasteiger partial charge in [0.2, 0.25) is 11.6 Å². The molecule has 0 saturated heterocycles. The first-order valence-corrected chi connectivity index (χ1v) is 13.2. The molecular weight excluding hydrogens is 402 g/mol. The van der Waals surface area contributed by atoms with Crippen molar-refractivity contribution in [2.75, 3.05) is 17.2 Å². The number of aromatic nitrogens is 2. The average Bonchev–Trinajstić information content (AvgIpc) is 3.29. The van der Waals surface area contributed by atoms with Crippen LogP contribution < -0.4 is 10.6 Å². The maximum atomic E-state index is 11.6. The molecule has 1 aromatic rings. The summed E-state index contributed by atoms with van der Waals surface area (Å²) in [5.74, 6) is 0.681. The first kappa shape index (κ1) is 26.3. The van der Waals surface area contributed by atoms with E-state index in [1.54, 1.807) is 0 Å². The minimum Gasteiger partial charge on any atom is -0.364 e. The van der Waals surface area contributed by atoms with Crippen LogP contribution in [0, 0.1) is 10.1 Å². The van der Waals surface area contributed by atoms with Gasteiger partial charge in [0.25, 0.3) is 0 Å². The van der Waals surface area contributed by atoms with E-state index in [9.17, 15) is 10.1 Å². The number of nitrogens with one attached hydrogen (secondary N) is 2. The minimum absolute atomic E-state index is 0.0234. The van der Waals surface area contributed by atoms with Crippen molar-refractivity contribution in [3.63, 3.8) is 0 Å². The van der Waals surface area contributed by atoms with Crippen molar-refractivity contribution < 1.29 is 4.92 Å². The Morgan fingerprint density at radius 2 is 1.34 bits per heavy atom. The van der Waals surface area contributed by atoms with Gasteiger partial charge in [0, 0.05) is 12.6 Å². The zero-order valence-corrected chi connectivity index (χ0v) is 20.2. The third-order valence-corrected chi connectivity index (χ3v) is 6.52. The Labute approximate surface area is 194 Å². The van der Waals surface area contributed by atoms with E-state index >= 15 is 0 Å². The minimum atomic E-state index is -0.370. The quantitative estimate of drug-likeness (QED) is 0.129. The van der Waals surface area contributed by atoms with Gasteiger partial charge in [0.15, 0.2) is 0 Å². The molecule has 1 heterocycles. The highest BCUT2D eigenvalue weighted by Gasteiger charge is 2.25. The summed E-state index contributed by atoms with van der Waals surface area (Å²) in [4.78, 5) is 19.5. The van der Waals surface area contributed by atoms with Crippen molar-refractivity contribution in [2.24, 2.45) is 0 Å². The number of nitro groups is 1. The van der Waals surface area contributed by atoms with E-state index < -0.39 is 0 Å². The molecule has 0 atom stereocenters. The zero-order chi connectivity index (χ0) is 22.9. The Kier molecular flexibility index (Phi) is 13.7. The Morgan fingerprint density at radius 1 is 0.844 bits per heavy atom. The number of anilines is 2. The van der Waals surface area contributed by atoms with Crippen LogP contribution in [-0.4, -0.2) is 27.5 Å². The molecule has 7 heteroatoms. The van der Waals surface area contributed by atoms with E-state index in [0.717, 1.165) is 25.7 Å². The number of hydrogen-bond acceptors (Lipinski definition) is 6. The van der Waals surface area contributed by atoms with E-state index in [-0.39, 0.29) is 16.7 Å². The molecule has 1 fully saturated rings. The summed E-state index contributed by atoms with van der Waals surface area (Å²) in [6.45, 7) is 2.98. The van der Waals surface area contributed by atoms with Gasteiger partial charge in [-0.25, -0.2) is 9.97 Å². The lowest BCUT2D eigenvalue weighted by Gasteiger charge is -2.14. The summed E-state index contributed by atoms with van der Waals surface area (Å²) >= 11 is 0. The fourth-order valence-corrected chi connectivity index (χ4v) is 4.58. The summed E-state index contributed by atoms with van der Waals surface area (Å²) in [6, 6.07) is 0.280. The van der Waals surface area contributed by atoms with Gasteiger partial charge in [-0.15, -0.1) is 0 Å². The standard InChI is InChI=1S/C25H45N5O2/c1-2-3-4-5-6-7-8-9-10-11-12-13-14-17-20-26-24-23(30(31)32)25(28-21-27-24)29-22-18-15-16-19-22/h21-22H,2-20H2,1H3,(H2,26,27,28,29). The second kappa shape index (κ2) is 16.7. The predicted molar refractivity (Wildman–Crippen MR) is 133 cm³/mol. The van der Waals surface area contributed by atoms with Crippen LogP contribution in [0.2, 0.25) is 0 Å². The summed E-state index contributed by atoms with van der Waals surface area (Å²) in [5.41, 5.74) is -0.0234. The summed E-state index contributed by atoms with van der Waals surface area (Å²) in [6.07, 6.45) is 24.3. The van der Waals surface area contributed by atoms with Crippen LogP contribution in [0.1, 0.15) is 122 Å². The maximum Gasteiger partial charge on any atom is 0.353 e. The van der Waals surface area contributed by atoms with Crippen molar-refractivity contribution in [1.29, 1.82) is 0 Å². The SMILES string of the molecule is CCCCCCCCCCCCCCCCNc1ncnc(NC2CCCC2)c1[N+](=O)[O-]. The molecule has 0 spiro atoms. The summed E-state index contributed by atoms with van der Waals surface area (Å²) < 4.78 is 0. The molecule has 32 heavy (non-hydrogen) atoms. The molecule has 2 rings (SSSR count). The van der Waals surface area contributed by atoms with E-state index in [0.29, 0.717) is 18.2 Å². The van der Waals surface area contributed by atoms with Crippen molar-refractivity contribution in [2.45, 2.75) is 129 Å². The molecule has 0 radical (unpaired) electrons. The van der Waals surface area contributed by atoms with Crippen molar-refractivity contribution >= 4 is 17.3 Å². The highest BCUT2D eigenvalue weighted by molar-refractivity contribution is 5.69. The third kappa shape index (κ3) is 10.6. The molecule has 0 aromatic carbocycles. The van der Waals surface area contributed by atoms with Crippen LogP contribution in [0.4, 0.5) is 17.3 Å². The van der Waals surface area contributed by atoms with Gasteiger partial charge in [-0.3, -0.25) is 10.1 Å². The van der Waals surface area contributed by atoms with Crippen LogP contribution in [0.15, 0.2) is 6.33 Å². The summed E-state index contributed by atoms with van der Waals surface area (Å²) in [7, 11) is 0. The van der Waals surface area contributed by atoms with Crippen LogP contribution in [0.3, 0.4) is 0 Å². The highest BCUT2D eigenvalue weighted by Crippen LogP contribution is 2.31. The second-order valence-corrected chi connectivity index (χ2v) is 9.33. The van der Waals surface area contributed by atoms with E-state index in [1.807, 2.05) is 0 Å². The first-order chi connectivity index (χ1) is 15.7. The van der Waals surface area contributed by atoms with Crippen LogP contribution in [0.25, 0.3) is 0 Å². The van der Waals surface area contributed by atoms with Gasteiger partial charge >= 0.3 is 5.69 Å². The monoisotopic (exact) mass is 447 g/mol. The zero-order valence-electron chi connectivity index (χ0n) is 20.2. The van der Waals surface area contributed by atoms with Crippen LogP contribution in [-0.2, 0) is 0 Å². The van der Waals surface area contributed by atoms with Gasteiger partial charge in [-0.1, -0.05) is 103 Å². The number of nitrogens with zero attached hydrogens (tertiary/aromatic N) is 3. The molecule has 182 valence electrons. The number of rotatable bonds is 19. The molecule has 0 amide bonds. The van der Waals surface area contributed by atoms with Gasteiger partial charge in [-0.05, 0) is 19.3 Å². The number of unbranched alkanes of at least 4 members (excludes halogenated alkanes) is 13. The van der Waals surface area contributed by atoms with E-state index in [4.69, 9.17) is 0 Å². The Balaban J connectivity index is 1.53. The topological polar surface area (TPSA) is 93.0 Å². The van der Waals surface area contributed by atoms with E-state index in [1.165, 1.54) is 96.2 Å². The lowest BCUT2D eigenvalue weighted by atomic mass is 10.0. The largest absolute Gasteiger partial charge is 0.364 e. The molecule has 1 aromatic heterocycles. The molecule has 0 bridgehead atoms. The molecule has 1 aliphatic rings. The maximum absolute atomic E-state index is 11.6. The smallest absolute Gasteiger partial charge is 0.353 e. The van der Waals surface area contributed by atoms with Crippen LogP contribution >= 0.6 is 0 Å². The lowest BCUT2D eigenvalue weighted by Crippen LogP contribution is -2.18. The predicted octanol–water partition coefficient (Wildman–Crippen LogP) is 7.63. The van der Waals surface area contributed by atoms with Gasteiger partial charge in [0.05, 0.1) is 4.92 Å². The molecule has 0 unspecified atom stereocenters. The van der Waals surface area contributed by atoms with Crippen molar-refractivity contribution in [1.82, 2.24) is 9.97 Å². The molecule has 1 aliphatic carbocycles. The molecular formula is C25H45N5O2.